The molecule has 4 heteroatoms. The number of anilines is 1. The number of carbonyl (C=O) groups is 1. The molecular formula is C20H24N2OS. The van der Waals surface area contributed by atoms with Crippen LogP contribution in [0.3, 0.4) is 0 Å². The highest BCUT2D eigenvalue weighted by Crippen LogP contribution is 2.16. The van der Waals surface area contributed by atoms with E-state index in [0.717, 1.165) is 18.0 Å². The lowest BCUT2D eigenvalue weighted by Gasteiger charge is -2.14. The Balaban J connectivity index is 1.40. The van der Waals surface area contributed by atoms with Crippen LogP contribution in [-0.2, 0) is 17.1 Å². The molecule has 0 atom stereocenters. The van der Waals surface area contributed by atoms with E-state index in [-0.39, 0.29) is 5.91 Å². The number of carbonyl (C=O) groups excluding carboxylic acids is 1. The van der Waals surface area contributed by atoms with E-state index in [4.69, 9.17) is 0 Å². The molecule has 0 spiro atoms. The minimum Gasteiger partial charge on any atom is -0.325 e. The molecule has 24 heavy (non-hydrogen) atoms. The summed E-state index contributed by atoms with van der Waals surface area (Å²) in [5, 5.41) is 2.98. The Kier molecular flexibility index (Phi) is 6.33. The monoisotopic (exact) mass is 340 g/mol. The molecule has 3 rings (SSSR count). The van der Waals surface area contributed by atoms with E-state index >= 15 is 0 Å². The van der Waals surface area contributed by atoms with Gasteiger partial charge >= 0.3 is 0 Å². The molecule has 1 aliphatic rings. The molecule has 0 aliphatic carbocycles. The van der Waals surface area contributed by atoms with Crippen LogP contribution in [0.1, 0.15) is 24.0 Å². The van der Waals surface area contributed by atoms with Gasteiger partial charge in [-0.1, -0.05) is 42.5 Å². The van der Waals surface area contributed by atoms with Crippen molar-refractivity contribution in [2.45, 2.75) is 25.1 Å². The van der Waals surface area contributed by atoms with E-state index in [1.54, 1.807) is 11.8 Å². The first-order chi connectivity index (χ1) is 11.8. The third kappa shape index (κ3) is 5.39. The van der Waals surface area contributed by atoms with Crippen LogP contribution in [0, 0.1) is 0 Å². The molecular weight excluding hydrogens is 316 g/mol. The summed E-state index contributed by atoms with van der Waals surface area (Å²) < 4.78 is 0. The number of benzene rings is 2. The van der Waals surface area contributed by atoms with Gasteiger partial charge in [-0.15, -0.1) is 11.8 Å². The number of nitrogens with one attached hydrogen (secondary N) is 1. The lowest BCUT2D eigenvalue weighted by molar-refractivity contribution is -0.113. The van der Waals surface area contributed by atoms with Crippen LogP contribution < -0.4 is 5.32 Å². The van der Waals surface area contributed by atoms with E-state index in [1.807, 2.05) is 30.3 Å². The molecule has 2 aromatic carbocycles. The average Bonchev–Trinajstić information content (AvgIpc) is 3.11. The number of rotatable bonds is 7. The summed E-state index contributed by atoms with van der Waals surface area (Å²) in [5.74, 6) is 1.40. The number of nitrogens with zero attached hydrogens (tertiary/aromatic N) is 1. The van der Waals surface area contributed by atoms with Crippen molar-refractivity contribution in [3.05, 3.63) is 65.7 Å². The summed E-state index contributed by atoms with van der Waals surface area (Å²) in [6.07, 6.45) is 2.63. The third-order valence-electron chi connectivity index (χ3n) is 4.19. The maximum absolute atomic E-state index is 12.0. The maximum Gasteiger partial charge on any atom is 0.234 e. The van der Waals surface area contributed by atoms with Crippen molar-refractivity contribution in [3.8, 4) is 0 Å². The summed E-state index contributed by atoms with van der Waals surface area (Å²) in [6, 6.07) is 18.5. The van der Waals surface area contributed by atoms with Gasteiger partial charge in [0.1, 0.15) is 0 Å². The second kappa shape index (κ2) is 8.90. The third-order valence-corrected chi connectivity index (χ3v) is 5.19. The minimum absolute atomic E-state index is 0.0585. The fourth-order valence-corrected chi connectivity index (χ4v) is 3.71. The minimum atomic E-state index is 0.0585. The van der Waals surface area contributed by atoms with Crippen LogP contribution in [0.25, 0.3) is 0 Å². The number of thioether (sulfide) groups is 1. The Hall–Kier alpha value is -1.78. The van der Waals surface area contributed by atoms with Gasteiger partial charge in [-0.05, 0) is 49.2 Å². The summed E-state index contributed by atoms with van der Waals surface area (Å²) in [7, 11) is 0. The predicted molar refractivity (Wildman–Crippen MR) is 102 cm³/mol. The van der Waals surface area contributed by atoms with Gasteiger partial charge in [-0.2, -0.15) is 0 Å². The van der Waals surface area contributed by atoms with E-state index in [1.165, 1.54) is 37.1 Å². The van der Waals surface area contributed by atoms with Gasteiger partial charge in [0.15, 0.2) is 0 Å². The zero-order valence-electron chi connectivity index (χ0n) is 13.9. The number of amides is 1. The normalized spacial score (nSPS) is 14.7. The Bertz CT molecular complexity index is 636. The van der Waals surface area contributed by atoms with Crippen LogP contribution in [0.15, 0.2) is 54.6 Å². The standard InChI is InChI=1S/C20H24N2OS/c23-20(16-24-15-18-6-2-1-3-7-18)21-19-10-8-17(9-11-19)14-22-12-4-5-13-22/h1-3,6-11H,4-5,12-16H2,(H,21,23). The fraction of sp³-hybridized carbons (Fsp3) is 0.350. The van der Waals surface area contributed by atoms with Crippen molar-refractivity contribution in [1.82, 2.24) is 4.90 Å². The first-order valence-corrected chi connectivity index (χ1v) is 9.68. The smallest absolute Gasteiger partial charge is 0.234 e. The molecule has 1 heterocycles. The quantitative estimate of drug-likeness (QED) is 0.821. The fourth-order valence-electron chi connectivity index (χ4n) is 2.93. The van der Waals surface area contributed by atoms with E-state index in [0.29, 0.717) is 5.75 Å². The molecule has 0 unspecified atom stereocenters. The molecule has 1 fully saturated rings. The van der Waals surface area contributed by atoms with Gasteiger partial charge in [0.2, 0.25) is 5.91 Å². The lowest BCUT2D eigenvalue weighted by Crippen LogP contribution is -2.18. The second-order valence-corrected chi connectivity index (χ2v) is 7.19. The Morgan fingerprint density at radius 3 is 2.38 bits per heavy atom. The van der Waals surface area contributed by atoms with Crippen LogP contribution in [0.5, 0.6) is 0 Å². The number of hydrogen-bond acceptors (Lipinski definition) is 3. The molecule has 1 saturated heterocycles. The van der Waals surface area contributed by atoms with Crippen molar-refractivity contribution in [3.63, 3.8) is 0 Å². The molecule has 1 aliphatic heterocycles. The molecule has 0 bridgehead atoms. The van der Waals surface area contributed by atoms with E-state index in [9.17, 15) is 4.79 Å². The summed E-state index contributed by atoms with van der Waals surface area (Å²) in [5.41, 5.74) is 3.44. The summed E-state index contributed by atoms with van der Waals surface area (Å²) in [4.78, 5) is 14.5. The Labute approximate surface area is 148 Å². The zero-order chi connectivity index (χ0) is 16.6. The molecule has 3 nitrogen and oxygen atoms in total. The van der Waals surface area contributed by atoms with Crippen LogP contribution in [0.2, 0.25) is 0 Å². The van der Waals surface area contributed by atoms with Gasteiger partial charge in [-0.25, -0.2) is 0 Å². The SMILES string of the molecule is O=C(CSCc1ccccc1)Nc1ccc(CN2CCCC2)cc1. The molecule has 0 aromatic heterocycles. The zero-order valence-corrected chi connectivity index (χ0v) is 14.7. The van der Waals surface area contributed by atoms with Crippen molar-refractivity contribution in [2.24, 2.45) is 0 Å². The molecule has 1 N–H and O–H groups in total. The highest BCUT2D eigenvalue weighted by atomic mass is 32.2. The van der Waals surface area contributed by atoms with Crippen LogP contribution >= 0.6 is 11.8 Å². The van der Waals surface area contributed by atoms with Crippen molar-refractivity contribution in [2.75, 3.05) is 24.2 Å². The second-order valence-electron chi connectivity index (χ2n) is 6.21. The maximum atomic E-state index is 12.0. The van der Waals surface area contributed by atoms with Crippen LogP contribution in [-0.4, -0.2) is 29.6 Å². The highest BCUT2D eigenvalue weighted by molar-refractivity contribution is 7.99. The molecule has 2 aromatic rings. The number of hydrogen-bond donors (Lipinski definition) is 1. The van der Waals surface area contributed by atoms with Gasteiger partial charge < -0.3 is 5.32 Å². The summed E-state index contributed by atoms with van der Waals surface area (Å²) >= 11 is 1.64. The van der Waals surface area contributed by atoms with Crippen LogP contribution in [0.4, 0.5) is 5.69 Å². The van der Waals surface area contributed by atoms with E-state index < -0.39 is 0 Å². The molecule has 126 valence electrons. The number of likely N-dealkylation sites (tertiary alicyclic amines) is 1. The Morgan fingerprint density at radius 1 is 0.958 bits per heavy atom. The first kappa shape index (κ1) is 17.1. The Morgan fingerprint density at radius 2 is 1.67 bits per heavy atom. The van der Waals surface area contributed by atoms with Gasteiger partial charge in [0.05, 0.1) is 5.75 Å². The first-order valence-electron chi connectivity index (χ1n) is 8.52. The molecule has 1 amide bonds. The largest absolute Gasteiger partial charge is 0.325 e. The lowest BCUT2D eigenvalue weighted by atomic mass is 10.2. The van der Waals surface area contributed by atoms with Gasteiger partial charge in [0, 0.05) is 18.0 Å². The van der Waals surface area contributed by atoms with Crippen molar-refractivity contribution < 1.29 is 4.79 Å². The van der Waals surface area contributed by atoms with Crippen molar-refractivity contribution >= 4 is 23.4 Å². The topological polar surface area (TPSA) is 32.3 Å². The van der Waals surface area contributed by atoms with Gasteiger partial charge in [-0.3, -0.25) is 9.69 Å². The molecule has 0 radical (unpaired) electrons. The predicted octanol–water partition coefficient (Wildman–Crippen LogP) is 4.15. The van der Waals surface area contributed by atoms with E-state index in [2.05, 4.69) is 34.5 Å². The van der Waals surface area contributed by atoms with Crippen molar-refractivity contribution in [1.29, 1.82) is 0 Å². The highest BCUT2D eigenvalue weighted by Gasteiger charge is 2.11. The average molecular weight is 340 g/mol. The summed E-state index contributed by atoms with van der Waals surface area (Å²) in [6.45, 7) is 3.43. The molecule has 0 saturated carbocycles. The van der Waals surface area contributed by atoms with Gasteiger partial charge in [0.25, 0.3) is 0 Å².